The highest BCUT2D eigenvalue weighted by Crippen LogP contribution is 2.01. The number of halogens is 1. The third-order valence-electron chi connectivity index (χ3n) is 2.27. The van der Waals surface area contributed by atoms with Crippen molar-refractivity contribution in [3.8, 4) is 0 Å². The van der Waals surface area contributed by atoms with Gasteiger partial charge < -0.3 is 15.1 Å². The lowest BCUT2D eigenvalue weighted by Gasteiger charge is -2.17. The van der Waals surface area contributed by atoms with Gasteiger partial charge in [-0.15, -0.1) is 11.6 Å². The SMILES string of the molecule is C[Si](C)(C)OCCNC(=O)NCCCCCCCl. The molecule has 0 aliphatic rings. The summed E-state index contributed by atoms with van der Waals surface area (Å²) >= 11 is 5.58. The van der Waals surface area contributed by atoms with Crippen molar-refractivity contribution in [2.75, 3.05) is 25.6 Å². The standard InChI is InChI=1S/C12H27ClN2O2Si/c1-18(2,3)17-11-10-15-12(16)14-9-7-5-4-6-8-13/h4-11H2,1-3H3,(H2,14,15,16). The van der Waals surface area contributed by atoms with Crippen LogP contribution < -0.4 is 10.6 Å². The van der Waals surface area contributed by atoms with Crippen LogP contribution >= 0.6 is 11.6 Å². The van der Waals surface area contributed by atoms with Gasteiger partial charge in [0, 0.05) is 19.0 Å². The third-order valence-corrected chi connectivity index (χ3v) is 3.61. The molecule has 0 bridgehead atoms. The first kappa shape index (κ1) is 17.7. The second-order valence-corrected chi connectivity index (χ2v) is 10.1. The molecule has 0 aliphatic heterocycles. The van der Waals surface area contributed by atoms with E-state index in [0.29, 0.717) is 13.2 Å². The summed E-state index contributed by atoms with van der Waals surface area (Å²) in [6.07, 6.45) is 4.32. The number of nitrogens with one attached hydrogen (secondary N) is 2. The van der Waals surface area contributed by atoms with Crippen LogP contribution in [0.15, 0.2) is 0 Å². The lowest BCUT2D eigenvalue weighted by atomic mass is 10.2. The highest BCUT2D eigenvalue weighted by Gasteiger charge is 2.13. The van der Waals surface area contributed by atoms with Crippen molar-refractivity contribution < 1.29 is 9.22 Å². The molecule has 2 N–H and O–H groups in total. The molecule has 0 radical (unpaired) electrons. The predicted molar refractivity (Wildman–Crippen MR) is 79.9 cm³/mol. The number of hydrogen-bond donors (Lipinski definition) is 2. The van der Waals surface area contributed by atoms with Crippen molar-refractivity contribution in [2.24, 2.45) is 0 Å². The second-order valence-electron chi connectivity index (χ2n) is 5.25. The Kier molecular flexibility index (Phi) is 10.5. The molecule has 0 heterocycles. The zero-order valence-electron chi connectivity index (χ0n) is 11.9. The number of unbranched alkanes of at least 4 members (excludes halogenated alkanes) is 3. The molecule has 6 heteroatoms. The van der Waals surface area contributed by atoms with Gasteiger partial charge in [-0.25, -0.2) is 4.79 Å². The molecular weight excluding hydrogens is 268 g/mol. The fourth-order valence-corrected chi connectivity index (χ4v) is 2.26. The number of rotatable bonds is 10. The molecule has 0 aromatic rings. The van der Waals surface area contributed by atoms with Crippen molar-refractivity contribution in [1.82, 2.24) is 10.6 Å². The van der Waals surface area contributed by atoms with E-state index in [2.05, 4.69) is 30.3 Å². The van der Waals surface area contributed by atoms with Crippen LogP contribution in [0.2, 0.25) is 19.6 Å². The van der Waals surface area contributed by atoms with Crippen molar-refractivity contribution in [1.29, 1.82) is 0 Å². The molecule has 0 unspecified atom stereocenters. The first-order valence-electron chi connectivity index (χ1n) is 6.67. The molecule has 0 saturated carbocycles. The molecule has 0 saturated heterocycles. The largest absolute Gasteiger partial charge is 0.416 e. The Balaban J connectivity index is 3.28. The number of amides is 2. The fraction of sp³-hybridized carbons (Fsp3) is 0.917. The number of carbonyl (C=O) groups excluding carboxylic acids is 1. The first-order chi connectivity index (χ1) is 8.45. The van der Waals surface area contributed by atoms with E-state index >= 15 is 0 Å². The van der Waals surface area contributed by atoms with Crippen molar-refractivity contribution >= 4 is 25.9 Å². The second kappa shape index (κ2) is 10.6. The van der Waals surface area contributed by atoms with Crippen molar-refractivity contribution in [3.05, 3.63) is 0 Å². The smallest absolute Gasteiger partial charge is 0.314 e. The molecule has 108 valence electrons. The van der Waals surface area contributed by atoms with Crippen LogP contribution in [0, 0.1) is 0 Å². The average molecular weight is 295 g/mol. The summed E-state index contributed by atoms with van der Waals surface area (Å²) in [5, 5.41) is 5.61. The summed E-state index contributed by atoms with van der Waals surface area (Å²) < 4.78 is 5.63. The van der Waals surface area contributed by atoms with Gasteiger partial charge >= 0.3 is 6.03 Å². The number of carbonyl (C=O) groups is 1. The maximum Gasteiger partial charge on any atom is 0.314 e. The lowest BCUT2D eigenvalue weighted by molar-refractivity contribution is 0.235. The minimum Gasteiger partial charge on any atom is -0.416 e. The van der Waals surface area contributed by atoms with Crippen LogP contribution in [-0.4, -0.2) is 39.9 Å². The van der Waals surface area contributed by atoms with Gasteiger partial charge in [-0.2, -0.15) is 0 Å². The van der Waals surface area contributed by atoms with Gasteiger partial charge in [0.15, 0.2) is 8.32 Å². The zero-order chi connectivity index (χ0) is 13.9. The Morgan fingerprint density at radius 1 is 1.06 bits per heavy atom. The fourth-order valence-electron chi connectivity index (χ4n) is 1.36. The van der Waals surface area contributed by atoms with Gasteiger partial charge in [0.1, 0.15) is 0 Å². The van der Waals surface area contributed by atoms with Crippen LogP contribution in [0.1, 0.15) is 25.7 Å². The van der Waals surface area contributed by atoms with Gasteiger partial charge in [0.05, 0.1) is 6.61 Å². The van der Waals surface area contributed by atoms with E-state index in [1.54, 1.807) is 0 Å². The normalized spacial score (nSPS) is 11.3. The molecule has 0 aromatic carbocycles. The Labute approximate surface area is 117 Å². The van der Waals surface area contributed by atoms with E-state index in [-0.39, 0.29) is 6.03 Å². The van der Waals surface area contributed by atoms with Crippen LogP contribution in [-0.2, 0) is 4.43 Å². The molecular formula is C12H27ClN2O2Si. The van der Waals surface area contributed by atoms with E-state index < -0.39 is 8.32 Å². The van der Waals surface area contributed by atoms with Gasteiger partial charge in [0.2, 0.25) is 0 Å². The summed E-state index contributed by atoms with van der Waals surface area (Å²) in [7, 11) is -1.46. The molecule has 0 aromatic heterocycles. The first-order valence-corrected chi connectivity index (χ1v) is 10.6. The maximum absolute atomic E-state index is 11.4. The Hall–Kier alpha value is -0.263. The third kappa shape index (κ3) is 13.8. The summed E-state index contributed by atoms with van der Waals surface area (Å²) in [5.74, 6) is 0.727. The van der Waals surface area contributed by atoms with E-state index in [4.69, 9.17) is 16.0 Å². The molecule has 0 spiro atoms. The zero-order valence-corrected chi connectivity index (χ0v) is 13.6. The molecule has 0 rings (SSSR count). The van der Waals surface area contributed by atoms with Crippen LogP contribution in [0.3, 0.4) is 0 Å². The van der Waals surface area contributed by atoms with E-state index in [1.165, 1.54) is 0 Å². The summed E-state index contributed by atoms with van der Waals surface area (Å²) in [6, 6.07) is -0.105. The quantitative estimate of drug-likeness (QED) is 0.370. The summed E-state index contributed by atoms with van der Waals surface area (Å²) in [6.45, 7) is 8.29. The molecule has 0 aliphatic carbocycles. The monoisotopic (exact) mass is 294 g/mol. The number of hydrogen-bond acceptors (Lipinski definition) is 2. The highest BCUT2D eigenvalue weighted by molar-refractivity contribution is 6.69. The minimum atomic E-state index is -1.46. The highest BCUT2D eigenvalue weighted by atomic mass is 35.5. The number of urea groups is 1. The van der Waals surface area contributed by atoms with Crippen LogP contribution in [0.25, 0.3) is 0 Å². The van der Waals surface area contributed by atoms with Gasteiger partial charge in [0.25, 0.3) is 0 Å². The van der Waals surface area contributed by atoms with E-state index in [1.807, 2.05) is 0 Å². The van der Waals surface area contributed by atoms with Crippen LogP contribution in [0.4, 0.5) is 4.79 Å². The Morgan fingerprint density at radius 2 is 1.67 bits per heavy atom. The van der Waals surface area contributed by atoms with Crippen molar-refractivity contribution in [3.63, 3.8) is 0 Å². The molecule has 18 heavy (non-hydrogen) atoms. The van der Waals surface area contributed by atoms with E-state index in [9.17, 15) is 4.79 Å². The Bertz CT molecular complexity index is 223. The van der Waals surface area contributed by atoms with Gasteiger partial charge in [-0.05, 0) is 32.5 Å². The molecule has 0 atom stereocenters. The topological polar surface area (TPSA) is 50.4 Å². The van der Waals surface area contributed by atoms with Crippen LogP contribution in [0.5, 0.6) is 0 Å². The molecule has 2 amide bonds. The number of alkyl halides is 1. The average Bonchev–Trinajstić information content (AvgIpc) is 2.28. The Morgan fingerprint density at radius 3 is 2.28 bits per heavy atom. The predicted octanol–water partition coefficient (Wildman–Crippen LogP) is 2.94. The summed E-state index contributed by atoms with van der Waals surface area (Å²) in [4.78, 5) is 11.4. The van der Waals surface area contributed by atoms with Crippen molar-refractivity contribution in [2.45, 2.75) is 45.3 Å². The molecule has 0 fully saturated rings. The minimum absolute atomic E-state index is 0.105. The van der Waals surface area contributed by atoms with Gasteiger partial charge in [-0.3, -0.25) is 0 Å². The summed E-state index contributed by atoms with van der Waals surface area (Å²) in [5.41, 5.74) is 0. The maximum atomic E-state index is 11.4. The lowest BCUT2D eigenvalue weighted by Crippen LogP contribution is -2.39. The van der Waals surface area contributed by atoms with E-state index in [0.717, 1.165) is 38.1 Å². The van der Waals surface area contributed by atoms with Gasteiger partial charge in [-0.1, -0.05) is 12.8 Å². The molecule has 4 nitrogen and oxygen atoms in total.